The van der Waals surface area contributed by atoms with Crippen molar-refractivity contribution in [1.82, 2.24) is 5.32 Å². The molecule has 0 bridgehead atoms. The highest BCUT2D eigenvalue weighted by Gasteiger charge is 2.82. The molecular weight excluding hydrogens is 386 g/mol. The summed E-state index contributed by atoms with van der Waals surface area (Å²) in [6.45, 7) is 14.0. The lowest BCUT2D eigenvalue weighted by Crippen LogP contribution is -2.59. The van der Waals surface area contributed by atoms with Crippen LogP contribution in [0.5, 0.6) is 0 Å². The number of hydrogen-bond acceptors (Lipinski definition) is 3. The van der Waals surface area contributed by atoms with Crippen molar-refractivity contribution in [3.63, 3.8) is 0 Å². The molecule has 5 saturated carbocycles. The molecule has 0 saturated heterocycles. The number of hydrogen-bond donors (Lipinski definition) is 1. The third-order valence-electron chi connectivity index (χ3n) is 11.6. The van der Waals surface area contributed by atoms with Gasteiger partial charge in [0.2, 0.25) is 0 Å². The molecule has 5 fully saturated rings. The zero-order chi connectivity index (χ0) is 22.4. The standard InChI is InChI=1S/C27H41NO3/c1-7-17-18(29)15-25(6)20-10-9-19-23(3,4)21(28-22(30)31-8-2)11-12-26(19)16-27(20,26)14-13-24(17,25)5/h7,19-21H,8-16H2,1-6H3,(H,28,30)/b17-7+/t19-,20-,21-,24+,25-,26+,27-/m0/s1. The van der Waals surface area contributed by atoms with Gasteiger partial charge in [-0.25, -0.2) is 4.79 Å². The van der Waals surface area contributed by atoms with Gasteiger partial charge < -0.3 is 10.1 Å². The minimum atomic E-state index is -0.264. The van der Waals surface area contributed by atoms with Gasteiger partial charge in [0.25, 0.3) is 0 Å². The van der Waals surface area contributed by atoms with E-state index in [1.807, 2.05) is 6.92 Å². The second kappa shape index (κ2) is 6.38. The van der Waals surface area contributed by atoms with Gasteiger partial charge in [0.05, 0.1) is 6.61 Å². The van der Waals surface area contributed by atoms with E-state index in [1.165, 1.54) is 32.1 Å². The highest BCUT2D eigenvalue weighted by atomic mass is 16.5. The molecule has 31 heavy (non-hydrogen) atoms. The summed E-state index contributed by atoms with van der Waals surface area (Å²) in [4.78, 5) is 25.2. The maximum absolute atomic E-state index is 13.0. The van der Waals surface area contributed by atoms with Crippen LogP contribution in [0.3, 0.4) is 0 Å². The normalized spacial score (nSPS) is 50.7. The summed E-state index contributed by atoms with van der Waals surface area (Å²) in [5, 5.41) is 3.20. The number of fused-ring (bicyclic) bond motifs is 2. The highest BCUT2D eigenvalue weighted by molar-refractivity contribution is 6.00. The number of allylic oxidation sites excluding steroid dienone is 2. The SMILES string of the molecule is C/C=C1\C(=O)C[C@@]2(C)[C@@H]3CC[C@H]4C(C)(C)[C@@H](NC(=O)OCC)CC[C@@]45C[C@@]35CC[C@]12C. The summed E-state index contributed by atoms with van der Waals surface area (Å²) in [6.07, 6.45) is 11.1. The van der Waals surface area contributed by atoms with Crippen molar-refractivity contribution in [2.75, 3.05) is 6.61 Å². The average molecular weight is 428 g/mol. The Hall–Kier alpha value is -1.32. The van der Waals surface area contributed by atoms with Gasteiger partial charge >= 0.3 is 6.09 Å². The van der Waals surface area contributed by atoms with E-state index in [4.69, 9.17) is 4.74 Å². The molecule has 7 atom stereocenters. The molecule has 1 amide bonds. The van der Waals surface area contributed by atoms with Gasteiger partial charge in [0.1, 0.15) is 0 Å². The zero-order valence-electron chi connectivity index (χ0n) is 20.4. The molecule has 1 N–H and O–H groups in total. The second-order valence-corrected chi connectivity index (χ2v) is 12.5. The Balaban J connectivity index is 1.46. The Kier molecular flexibility index (Phi) is 4.43. The maximum Gasteiger partial charge on any atom is 0.407 e. The third kappa shape index (κ3) is 2.38. The first-order valence-corrected chi connectivity index (χ1v) is 12.7. The van der Waals surface area contributed by atoms with Gasteiger partial charge in [-0.15, -0.1) is 0 Å². The number of amides is 1. The molecule has 0 radical (unpaired) electrons. The number of nitrogens with one attached hydrogen (secondary N) is 1. The first-order valence-electron chi connectivity index (χ1n) is 12.7. The largest absolute Gasteiger partial charge is 0.450 e. The quantitative estimate of drug-likeness (QED) is 0.546. The van der Waals surface area contributed by atoms with Gasteiger partial charge in [-0.2, -0.15) is 0 Å². The van der Waals surface area contributed by atoms with Crippen molar-refractivity contribution < 1.29 is 14.3 Å². The molecule has 2 spiro atoms. The molecule has 5 rings (SSSR count). The topological polar surface area (TPSA) is 55.4 Å². The van der Waals surface area contributed by atoms with Crippen molar-refractivity contribution in [3.05, 3.63) is 11.6 Å². The maximum atomic E-state index is 13.0. The van der Waals surface area contributed by atoms with Gasteiger partial charge in [-0.1, -0.05) is 33.8 Å². The minimum absolute atomic E-state index is 0.0452. The molecule has 0 aromatic carbocycles. The Morgan fingerprint density at radius 3 is 2.42 bits per heavy atom. The van der Waals surface area contributed by atoms with Crippen LogP contribution < -0.4 is 5.32 Å². The van der Waals surface area contributed by atoms with E-state index < -0.39 is 0 Å². The Morgan fingerprint density at radius 1 is 1.06 bits per heavy atom. The van der Waals surface area contributed by atoms with E-state index >= 15 is 0 Å². The summed E-state index contributed by atoms with van der Waals surface area (Å²) in [6, 6.07) is 0.184. The lowest BCUT2D eigenvalue weighted by atomic mass is 9.42. The fourth-order valence-corrected chi connectivity index (χ4v) is 10.1. The summed E-state index contributed by atoms with van der Waals surface area (Å²) < 4.78 is 5.21. The smallest absolute Gasteiger partial charge is 0.407 e. The minimum Gasteiger partial charge on any atom is -0.450 e. The molecule has 4 heteroatoms. The van der Waals surface area contributed by atoms with E-state index in [2.05, 4.69) is 46.0 Å². The Morgan fingerprint density at radius 2 is 1.74 bits per heavy atom. The predicted molar refractivity (Wildman–Crippen MR) is 121 cm³/mol. The van der Waals surface area contributed by atoms with Crippen molar-refractivity contribution in [2.24, 2.45) is 38.9 Å². The van der Waals surface area contributed by atoms with Crippen LogP contribution in [0.25, 0.3) is 0 Å². The molecule has 5 aliphatic rings. The molecule has 4 nitrogen and oxygen atoms in total. The second-order valence-electron chi connectivity index (χ2n) is 12.5. The lowest BCUT2D eigenvalue weighted by molar-refractivity contribution is -0.129. The van der Waals surface area contributed by atoms with E-state index in [1.54, 1.807) is 0 Å². The summed E-state index contributed by atoms with van der Waals surface area (Å²) in [7, 11) is 0. The first kappa shape index (κ1) is 21.5. The lowest BCUT2D eigenvalue weighted by Gasteiger charge is -2.62. The summed E-state index contributed by atoms with van der Waals surface area (Å²) in [5.74, 6) is 1.70. The Bertz CT molecular complexity index is 861. The monoisotopic (exact) mass is 427 g/mol. The van der Waals surface area contributed by atoms with E-state index in [-0.39, 0.29) is 28.4 Å². The van der Waals surface area contributed by atoms with E-state index in [0.717, 1.165) is 24.8 Å². The average Bonchev–Trinajstić information content (AvgIpc) is 3.30. The number of carbonyl (C=O) groups is 2. The molecule has 172 valence electrons. The van der Waals surface area contributed by atoms with Crippen LogP contribution in [0.15, 0.2) is 11.6 Å². The fourth-order valence-electron chi connectivity index (χ4n) is 10.1. The van der Waals surface area contributed by atoms with Crippen molar-refractivity contribution in [3.8, 4) is 0 Å². The number of carbonyl (C=O) groups excluding carboxylic acids is 2. The first-order chi connectivity index (χ1) is 14.5. The van der Waals surface area contributed by atoms with Crippen molar-refractivity contribution in [1.29, 1.82) is 0 Å². The Labute approximate surface area is 187 Å². The van der Waals surface area contributed by atoms with Gasteiger partial charge in [-0.3, -0.25) is 4.79 Å². The van der Waals surface area contributed by atoms with Crippen molar-refractivity contribution >= 4 is 11.9 Å². The van der Waals surface area contributed by atoms with Gasteiger partial charge in [0.15, 0.2) is 5.78 Å². The number of ketones is 1. The van der Waals surface area contributed by atoms with E-state index in [9.17, 15) is 9.59 Å². The van der Waals surface area contributed by atoms with Gasteiger partial charge in [-0.05, 0) is 97.9 Å². The van der Waals surface area contributed by atoms with Crippen LogP contribution in [-0.4, -0.2) is 24.5 Å². The van der Waals surface area contributed by atoms with Crippen LogP contribution in [0, 0.1) is 38.9 Å². The van der Waals surface area contributed by atoms with Crippen molar-refractivity contribution in [2.45, 2.75) is 99.0 Å². The number of alkyl carbamates (subject to hydrolysis) is 1. The molecule has 0 unspecified atom stereocenters. The summed E-state index contributed by atoms with van der Waals surface area (Å²) >= 11 is 0. The van der Waals surface area contributed by atoms with Gasteiger partial charge in [0, 0.05) is 17.9 Å². The molecule has 0 aromatic rings. The molecule has 0 heterocycles. The zero-order valence-corrected chi connectivity index (χ0v) is 20.4. The highest BCUT2D eigenvalue weighted by Crippen LogP contribution is 2.88. The summed E-state index contributed by atoms with van der Waals surface area (Å²) in [5.41, 5.74) is 2.16. The number of Topliss-reactive ketones (excluding diaryl/α,β-unsaturated/α-hetero) is 1. The van der Waals surface area contributed by atoms with Crippen LogP contribution in [-0.2, 0) is 9.53 Å². The molecule has 0 aliphatic heterocycles. The van der Waals surface area contributed by atoms with Crippen LogP contribution >= 0.6 is 0 Å². The molecule has 0 aromatic heterocycles. The number of ether oxygens (including phenoxy) is 1. The van der Waals surface area contributed by atoms with E-state index in [0.29, 0.717) is 35.1 Å². The number of rotatable bonds is 2. The van der Waals surface area contributed by atoms with Crippen LogP contribution in [0.1, 0.15) is 92.9 Å². The molecular formula is C27H41NO3. The molecule has 5 aliphatic carbocycles. The fraction of sp³-hybridized carbons (Fsp3) is 0.852. The predicted octanol–water partition coefficient (Wildman–Crippen LogP) is 6.05. The van der Waals surface area contributed by atoms with Crippen LogP contribution in [0.2, 0.25) is 0 Å². The third-order valence-corrected chi connectivity index (χ3v) is 11.6. The van der Waals surface area contributed by atoms with Crippen LogP contribution in [0.4, 0.5) is 4.79 Å².